The van der Waals surface area contributed by atoms with Crippen molar-refractivity contribution in [3.05, 3.63) is 63.0 Å². The second-order valence-electron chi connectivity index (χ2n) is 5.56. The van der Waals surface area contributed by atoms with Crippen LogP contribution in [0.4, 0.5) is 19.0 Å². The van der Waals surface area contributed by atoms with Gasteiger partial charge in [-0.25, -0.2) is 9.78 Å². The number of alkyl halides is 3. The molecule has 0 bridgehead atoms. The molecule has 0 unspecified atom stereocenters. The van der Waals surface area contributed by atoms with E-state index in [4.69, 9.17) is 4.74 Å². The molecule has 0 radical (unpaired) electrons. The van der Waals surface area contributed by atoms with Gasteiger partial charge in [-0.15, -0.1) is 11.3 Å². The van der Waals surface area contributed by atoms with E-state index in [1.807, 2.05) is 0 Å². The minimum absolute atomic E-state index is 0.111. The lowest BCUT2D eigenvalue weighted by Crippen LogP contribution is -2.07. The number of carbonyl (C=O) groups is 1. The van der Waals surface area contributed by atoms with Gasteiger partial charge in [0.2, 0.25) is 6.33 Å². The van der Waals surface area contributed by atoms with Gasteiger partial charge in [-0.05, 0) is 22.0 Å². The van der Waals surface area contributed by atoms with Gasteiger partial charge in [0.15, 0.2) is 5.69 Å². The van der Waals surface area contributed by atoms with Gasteiger partial charge in [0.05, 0.1) is 11.8 Å². The van der Waals surface area contributed by atoms with Crippen LogP contribution < -0.4 is 0 Å². The molecule has 146 valence electrons. The maximum absolute atomic E-state index is 12.6. The Hall–Kier alpha value is -3.28. The predicted octanol–water partition coefficient (Wildman–Crippen LogP) is 3.83. The van der Waals surface area contributed by atoms with Crippen LogP contribution in [-0.4, -0.2) is 25.4 Å². The van der Waals surface area contributed by atoms with Crippen LogP contribution in [0.25, 0.3) is 10.6 Å². The van der Waals surface area contributed by atoms with Crippen molar-refractivity contribution in [1.29, 1.82) is 0 Å². The molecule has 0 atom stereocenters. The summed E-state index contributed by atoms with van der Waals surface area (Å²) in [7, 11) is 1.53. The number of aromatic nitrogens is 3. The molecule has 3 aromatic rings. The standard InChI is InChI=1S/C16H11F3N4O4S/c1-22-8-21-13(23(25)26)11(22)7-27-15(24)12-6-20-14(28-12)9-2-4-10(5-3-9)16(17,18)19/h2-6,8H,7H2,1H3. The summed E-state index contributed by atoms with van der Waals surface area (Å²) < 4.78 is 44.3. The second-order valence-corrected chi connectivity index (χ2v) is 6.59. The summed E-state index contributed by atoms with van der Waals surface area (Å²) in [5.74, 6) is -1.17. The number of hydrogen-bond donors (Lipinski definition) is 0. The Morgan fingerprint density at radius 1 is 1.29 bits per heavy atom. The molecule has 28 heavy (non-hydrogen) atoms. The Bertz CT molecular complexity index is 1030. The van der Waals surface area contributed by atoms with Gasteiger partial charge >= 0.3 is 18.0 Å². The molecule has 3 rings (SSSR count). The van der Waals surface area contributed by atoms with E-state index in [1.54, 1.807) is 0 Å². The van der Waals surface area contributed by atoms with Crippen LogP contribution in [0.5, 0.6) is 0 Å². The highest BCUT2D eigenvalue weighted by molar-refractivity contribution is 7.16. The molecule has 2 heterocycles. The number of ether oxygens (including phenoxy) is 1. The Morgan fingerprint density at radius 2 is 1.96 bits per heavy atom. The van der Waals surface area contributed by atoms with E-state index in [-0.39, 0.29) is 17.2 Å². The Kier molecular flexibility index (Phi) is 5.14. The molecule has 12 heteroatoms. The fraction of sp³-hybridized carbons (Fsp3) is 0.188. The van der Waals surface area contributed by atoms with E-state index in [0.29, 0.717) is 10.6 Å². The van der Waals surface area contributed by atoms with Crippen LogP contribution in [-0.2, 0) is 24.6 Å². The average molecular weight is 412 g/mol. The molecule has 0 amide bonds. The van der Waals surface area contributed by atoms with E-state index in [2.05, 4.69) is 9.97 Å². The van der Waals surface area contributed by atoms with Gasteiger partial charge in [-0.1, -0.05) is 12.1 Å². The zero-order valence-corrected chi connectivity index (χ0v) is 15.0. The summed E-state index contributed by atoms with van der Waals surface area (Å²) in [4.78, 5) is 30.1. The van der Waals surface area contributed by atoms with Gasteiger partial charge in [0.25, 0.3) is 0 Å². The number of esters is 1. The largest absolute Gasteiger partial charge is 0.455 e. The lowest BCUT2D eigenvalue weighted by molar-refractivity contribution is -0.390. The van der Waals surface area contributed by atoms with Crippen molar-refractivity contribution in [1.82, 2.24) is 14.5 Å². The number of benzene rings is 1. The third-order valence-electron chi connectivity index (χ3n) is 3.72. The quantitative estimate of drug-likeness (QED) is 0.359. The van der Waals surface area contributed by atoms with E-state index in [1.165, 1.54) is 36.3 Å². The van der Waals surface area contributed by atoms with Crippen molar-refractivity contribution in [2.45, 2.75) is 12.8 Å². The second kappa shape index (κ2) is 7.38. The highest BCUT2D eigenvalue weighted by Crippen LogP contribution is 2.32. The maximum atomic E-state index is 12.6. The van der Waals surface area contributed by atoms with Gasteiger partial charge in [0, 0.05) is 12.6 Å². The van der Waals surface area contributed by atoms with Crippen LogP contribution >= 0.6 is 11.3 Å². The minimum Gasteiger partial charge on any atom is -0.455 e. The van der Waals surface area contributed by atoms with Gasteiger partial charge in [-0.3, -0.25) is 0 Å². The fourth-order valence-electron chi connectivity index (χ4n) is 2.27. The van der Waals surface area contributed by atoms with Crippen LogP contribution in [0.3, 0.4) is 0 Å². The van der Waals surface area contributed by atoms with E-state index in [9.17, 15) is 28.1 Å². The Labute approximate surface area is 159 Å². The zero-order chi connectivity index (χ0) is 20.5. The zero-order valence-electron chi connectivity index (χ0n) is 14.1. The van der Waals surface area contributed by atoms with E-state index in [0.717, 1.165) is 23.5 Å². The molecule has 0 N–H and O–H groups in total. The Morgan fingerprint density at radius 3 is 2.57 bits per heavy atom. The highest BCUT2D eigenvalue weighted by Gasteiger charge is 2.30. The third-order valence-corrected chi connectivity index (χ3v) is 4.74. The van der Waals surface area contributed by atoms with E-state index >= 15 is 0 Å². The summed E-state index contributed by atoms with van der Waals surface area (Å²) in [6, 6.07) is 4.37. The number of hydrogen-bond acceptors (Lipinski definition) is 7. The number of rotatable bonds is 5. The first-order chi connectivity index (χ1) is 13.2. The van der Waals surface area contributed by atoms with Crippen molar-refractivity contribution in [3.8, 4) is 10.6 Å². The van der Waals surface area contributed by atoms with Crippen LogP contribution in [0.15, 0.2) is 36.8 Å². The molecule has 0 fully saturated rings. The minimum atomic E-state index is -4.44. The fourth-order valence-corrected chi connectivity index (χ4v) is 3.09. The molecule has 8 nitrogen and oxygen atoms in total. The molecule has 0 spiro atoms. The number of aryl methyl sites for hydroxylation is 1. The van der Waals surface area contributed by atoms with E-state index < -0.39 is 28.5 Å². The van der Waals surface area contributed by atoms with Crippen molar-refractivity contribution < 1.29 is 27.6 Å². The number of nitro groups is 1. The summed E-state index contributed by atoms with van der Waals surface area (Å²) in [5, 5.41) is 11.2. The van der Waals surface area contributed by atoms with Crippen molar-refractivity contribution in [2.24, 2.45) is 7.05 Å². The summed E-state index contributed by atoms with van der Waals surface area (Å²) in [6.45, 7) is -0.362. The molecular weight excluding hydrogens is 401 g/mol. The lowest BCUT2D eigenvalue weighted by atomic mass is 10.1. The summed E-state index contributed by atoms with van der Waals surface area (Å²) in [5.41, 5.74) is -0.254. The van der Waals surface area contributed by atoms with Crippen LogP contribution in [0.2, 0.25) is 0 Å². The highest BCUT2D eigenvalue weighted by atomic mass is 32.1. The topological polar surface area (TPSA) is 100 Å². The first kappa shape index (κ1) is 19.5. The molecule has 0 saturated carbocycles. The molecule has 0 saturated heterocycles. The summed E-state index contributed by atoms with van der Waals surface area (Å²) >= 11 is 0.936. The van der Waals surface area contributed by atoms with Gasteiger partial charge in [0.1, 0.15) is 16.5 Å². The third kappa shape index (κ3) is 4.01. The predicted molar refractivity (Wildman–Crippen MR) is 91.5 cm³/mol. The molecule has 2 aromatic heterocycles. The molecule has 0 aliphatic rings. The maximum Gasteiger partial charge on any atom is 0.416 e. The number of nitrogens with zero attached hydrogens (tertiary/aromatic N) is 4. The number of imidazole rings is 1. The van der Waals surface area contributed by atoms with Crippen molar-refractivity contribution in [2.75, 3.05) is 0 Å². The molecule has 0 aliphatic carbocycles. The first-order valence-electron chi connectivity index (χ1n) is 7.62. The van der Waals surface area contributed by atoms with Crippen molar-refractivity contribution >= 4 is 23.1 Å². The number of halogens is 3. The van der Waals surface area contributed by atoms with Crippen LogP contribution in [0, 0.1) is 10.1 Å². The smallest absolute Gasteiger partial charge is 0.416 e. The summed E-state index contributed by atoms with van der Waals surface area (Å²) in [6.07, 6.45) is -1.97. The van der Waals surface area contributed by atoms with Gasteiger partial charge in [-0.2, -0.15) is 13.2 Å². The number of carbonyl (C=O) groups excluding carboxylic acids is 1. The molecule has 1 aromatic carbocycles. The van der Waals surface area contributed by atoms with Crippen molar-refractivity contribution in [3.63, 3.8) is 0 Å². The normalized spacial score (nSPS) is 11.4. The lowest BCUT2D eigenvalue weighted by Gasteiger charge is -2.06. The molecule has 0 aliphatic heterocycles. The number of thiazole rings is 1. The van der Waals surface area contributed by atoms with Crippen LogP contribution in [0.1, 0.15) is 20.9 Å². The first-order valence-corrected chi connectivity index (χ1v) is 8.43. The monoisotopic (exact) mass is 412 g/mol. The average Bonchev–Trinajstić information content (AvgIpc) is 3.26. The van der Waals surface area contributed by atoms with Gasteiger partial charge < -0.3 is 19.4 Å². The molecular formula is C16H11F3N4O4S. The Balaban J connectivity index is 1.71. The SMILES string of the molecule is Cn1cnc([N+](=O)[O-])c1COC(=O)c1cnc(-c2ccc(C(F)(F)F)cc2)s1.